The monoisotopic (exact) mass is 370 g/mol. The van der Waals surface area contributed by atoms with Crippen LogP contribution in [0.2, 0.25) is 0 Å². The Morgan fingerprint density at radius 1 is 1.15 bits per heavy atom. The first-order chi connectivity index (χ1) is 13.0. The van der Waals surface area contributed by atoms with Crippen molar-refractivity contribution < 1.29 is 19.2 Å². The number of likely N-dealkylation sites (N-methyl/N-ethyl adjacent to an activating group) is 1. The molecular weight excluding hydrogens is 348 g/mol. The molecule has 0 bridgehead atoms. The van der Waals surface area contributed by atoms with Crippen molar-refractivity contribution in [3.8, 4) is 11.5 Å². The maximum absolute atomic E-state index is 11.1. The maximum atomic E-state index is 11.1. The molecule has 7 nitrogen and oxygen atoms in total. The Balaban J connectivity index is 1.80. The minimum absolute atomic E-state index is 0.139. The van der Waals surface area contributed by atoms with Crippen LogP contribution in [0.4, 0.5) is 5.69 Å². The standard InChI is InChI=1S/C20H22N2O5/c1-21(14-16-5-8-19(26-2)9-6-16)11-3-4-12-27-20-10-7-18(22(24)25)13-17(20)15-23/h3-10,13,15H,11-12,14H2,1-2H3/b4-3+. The Morgan fingerprint density at radius 2 is 1.89 bits per heavy atom. The SMILES string of the molecule is COc1ccc(CN(C)C/C=C/COc2ccc([N+](=O)[O-])cc2C=O)cc1. The summed E-state index contributed by atoms with van der Waals surface area (Å²) < 4.78 is 10.7. The first-order valence-corrected chi connectivity index (χ1v) is 8.36. The van der Waals surface area contributed by atoms with Gasteiger partial charge in [-0.3, -0.25) is 19.8 Å². The first kappa shape index (κ1) is 20.1. The number of ether oxygens (including phenoxy) is 2. The van der Waals surface area contributed by atoms with Gasteiger partial charge < -0.3 is 9.47 Å². The van der Waals surface area contributed by atoms with Crippen molar-refractivity contribution in [1.82, 2.24) is 4.90 Å². The molecule has 0 unspecified atom stereocenters. The minimum Gasteiger partial charge on any atom is -0.497 e. The summed E-state index contributed by atoms with van der Waals surface area (Å²) in [4.78, 5) is 23.4. The van der Waals surface area contributed by atoms with E-state index in [0.717, 1.165) is 18.8 Å². The highest BCUT2D eigenvalue weighted by atomic mass is 16.6. The number of nitro groups is 1. The lowest BCUT2D eigenvalue weighted by molar-refractivity contribution is -0.384. The van der Waals surface area contributed by atoms with E-state index in [1.807, 2.05) is 43.5 Å². The fraction of sp³-hybridized carbons (Fsp3) is 0.250. The maximum Gasteiger partial charge on any atom is 0.270 e. The summed E-state index contributed by atoms with van der Waals surface area (Å²) in [6.07, 6.45) is 4.37. The zero-order valence-electron chi connectivity index (χ0n) is 15.3. The van der Waals surface area contributed by atoms with E-state index >= 15 is 0 Å². The second kappa shape index (κ2) is 10.1. The molecule has 0 atom stereocenters. The van der Waals surface area contributed by atoms with Crippen molar-refractivity contribution in [2.45, 2.75) is 6.54 Å². The van der Waals surface area contributed by atoms with Crippen LogP contribution in [0, 0.1) is 10.1 Å². The lowest BCUT2D eigenvalue weighted by Crippen LogP contribution is -2.17. The van der Waals surface area contributed by atoms with Crippen LogP contribution < -0.4 is 9.47 Å². The lowest BCUT2D eigenvalue weighted by Gasteiger charge is -2.14. The molecule has 0 heterocycles. The van der Waals surface area contributed by atoms with Crippen LogP contribution in [0.1, 0.15) is 15.9 Å². The van der Waals surface area contributed by atoms with E-state index in [1.165, 1.54) is 23.8 Å². The van der Waals surface area contributed by atoms with Gasteiger partial charge in [0.05, 0.1) is 17.6 Å². The summed E-state index contributed by atoms with van der Waals surface area (Å²) in [6.45, 7) is 1.80. The number of non-ortho nitro benzene ring substituents is 1. The zero-order valence-corrected chi connectivity index (χ0v) is 15.3. The van der Waals surface area contributed by atoms with Crippen LogP contribution in [0.15, 0.2) is 54.6 Å². The van der Waals surface area contributed by atoms with Crippen LogP contribution in [0.25, 0.3) is 0 Å². The van der Waals surface area contributed by atoms with Crippen LogP contribution in [-0.4, -0.2) is 43.4 Å². The summed E-state index contributed by atoms with van der Waals surface area (Å²) in [5.41, 5.74) is 1.21. The average molecular weight is 370 g/mol. The van der Waals surface area contributed by atoms with Gasteiger partial charge in [-0.25, -0.2) is 0 Å². The Hall–Kier alpha value is -3.19. The van der Waals surface area contributed by atoms with Gasteiger partial charge in [-0.2, -0.15) is 0 Å². The van der Waals surface area contributed by atoms with E-state index in [1.54, 1.807) is 7.11 Å². The molecule has 2 aromatic carbocycles. The Morgan fingerprint density at radius 3 is 2.52 bits per heavy atom. The van der Waals surface area contributed by atoms with Crippen molar-refractivity contribution in [2.24, 2.45) is 0 Å². The van der Waals surface area contributed by atoms with Gasteiger partial charge in [0.25, 0.3) is 5.69 Å². The largest absolute Gasteiger partial charge is 0.497 e. The molecule has 0 amide bonds. The Kier molecular flexibility index (Phi) is 7.51. The molecule has 2 aromatic rings. The highest BCUT2D eigenvalue weighted by Crippen LogP contribution is 2.22. The van der Waals surface area contributed by atoms with Gasteiger partial charge in [0, 0.05) is 25.2 Å². The van der Waals surface area contributed by atoms with Gasteiger partial charge in [0.1, 0.15) is 18.1 Å². The lowest BCUT2D eigenvalue weighted by atomic mass is 10.2. The summed E-state index contributed by atoms with van der Waals surface area (Å²) in [7, 11) is 3.65. The van der Waals surface area contributed by atoms with Gasteiger partial charge in [0.2, 0.25) is 0 Å². The molecule has 27 heavy (non-hydrogen) atoms. The molecule has 0 spiro atoms. The summed E-state index contributed by atoms with van der Waals surface area (Å²) in [6, 6.07) is 11.9. The molecule has 0 saturated heterocycles. The third kappa shape index (κ3) is 6.23. The number of aldehydes is 1. The number of methoxy groups -OCH3 is 1. The fourth-order valence-electron chi connectivity index (χ4n) is 2.44. The highest BCUT2D eigenvalue weighted by molar-refractivity contribution is 5.80. The predicted octanol–water partition coefficient (Wildman–Crippen LogP) is 3.48. The van der Waals surface area contributed by atoms with Gasteiger partial charge in [-0.05, 0) is 30.8 Å². The van der Waals surface area contributed by atoms with Crippen molar-refractivity contribution in [3.63, 3.8) is 0 Å². The van der Waals surface area contributed by atoms with Crippen LogP contribution in [0.3, 0.4) is 0 Å². The summed E-state index contributed by atoms with van der Waals surface area (Å²) in [5.74, 6) is 1.16. The predicted molar refractivity (Wildman–Crippen MR) is 102 cm³/mol. The zero-order chi connectivity index (χ0) is 19.6. The smallest absolute Gasteiger partial charge is 0.270 e. The molecule has 0 aliphatic rings. The van der Waals surface area contributed by atoms with E-state index in [0.29, 0.717) is 12.0 Å². The number of rotatable bonds is 10. The van der Waals surface area contributed by atoms with E-state index in [2.05, 4.69) is 4.90 Å². The number of carbonyl (C=O) groups is 1. The topological polar surface area (TPSA) is 81.9 Å². The molecule has 0 fully saturated rings. The number of hydrogen-bond donors (Lipinski definition) is 0. The van der Waals surface area contributed by atoms with Crippen LogP contribution >= 0.6 is 0 Å². The molecule has 142 valence electrons. The summed E-state index contributed by atoms with van der Waals surface area (Å²) >= 11 is 0. The number of carbonyl (C=O) groups excluding carboxylic acids is 1. The molecule has 0 radical (unpaired) electrons. The molecule has 7 heteroatoms. The Labute approximate surface area is 158 Å². The first-order valence-electron chi connectivity index (χ1n) is 8.36. The van der Waals surface area contributed by atoms with Gasteiger partial charge >= 0.3 is 0 Å². The second-order valence-electron chi connectivity index (χ2n) is 5.92. The Bertz CT molecular complexity index is 803. The van der Waals surface area contributed by atoms with Gasteiger partial charge in [-0.15, -0.1) is 0 Å². The normalized spacial score (nSPS) is 10.9. The third-order valence-corrected chi connectivity index (χ3v) is 3.86. The van der Waals surface area contributed by atoms with Crippen molar-refractivity contribution in [1.29, 1.82) is 0 Å². The molecule has 0 N–H and O–H groups in total. The van der Waals surface area contributed by atoms with E-state index < -0.39 is 4.92 Å². The van der Waals surface area contributed by atoms with Crippen molar-refractivity contribution in [3.05, 3.63) is 75.9 Å². The highest BCUT2D eigenvalue weighted by Gasteiger charge is 2.10. The summed E-state index contributed by atoms with van der Waals surface area (Å²) in [5, 5.41) is 10.7. The molecular formula is C20H22N2O5. The van der Waals surface area contributed by atoms with Crippen molar-refractivity contribution >= 4 is 12.0 Å². The molecule has 0 aliphatic carbocycles. The quantitative estimate of drug-likeness (QED) is 0.276. The molecule has 2 rings (SSSR count). The average Bonchev–Trinajstić information content (AvgIpc) is 2.68. The number of nitrogens with zero attached hydrogens (tertiary/aromatic N) is 2. The number of nitro benzene ring substituents is 1. The molecule has 0 saturated carbocycles. The van der Waals surface area contributed by atoms with Gasteiger partial charge in [-0.1, -0.05) is 24.3 Å². The van der Waals surface area contributed by atoms with E-state index in [9.17, 15) is 14.9 Å². The molecule has 0 aromatic heterocycles. The number of hydrogen-bond acceptors (Lipinski definition) is 6. The fourth-order valence-corrected chi connectivity index (χ4v) is 2.44. The van der Waals surface area contributed by atoms with Crippen molar-refractivity contribution in [2.75, 3.05) is 27.3 Å². The van der Waals surface area contributed by atoms with E-state index in [-0.39, 0.29) is 17.9 Å². The minimum atomic E-state index is -0.546. The third-order valence-electron chi connectivity index (χ3n) is 3.86. The van der Waals surface area contributed by atoms with E-state index in [4.69, 9.17) is 9.47 Å². The number of benzene rings is 2. The van der Waals surface area contributed by atoms with Crippen LogP contribution in [-0.2, 0) is 6.54 Å². The van der Waals surface area contributed by atoms with Gasteiger partial charge in [0.15, 0.2) is 6.29 Å². The van der Waals surface area contributed by atoms with Crippen LogP contribution in [0.5, 0.6) is 11.5 Å². The molecule has 0 aliphatic heterocycles. The second-order valence-corrected chi connectivity index (χ2v) is 5.92.